The Morgan fingerprint density at radius 1 is 1.09 bits per heavy atom. The van der Waals surface area contributed by atoms with Gasteiger partial charge in [-0.25, -0.2) is 0 Å². The van der Waals surface area contributed by atoms with Crippen LogP contribution in [0.1, 0.15) is 37.7 Å². The van der Waals surface area contributed by atoms with Crippen molar-refractivity contribution in [2.24, 2.45) is 5.73 Å². The molecule has 2 N–H and O–H groups in total. The third-order valence-electron chi connectivity index (χ3n) is 5.03. The lowest BCUT2D eigenvalue weighted by atomic mass is 9.84. The third-order valence-corrected chi connectivity index (χ3v) is 5.03. The van der Waals surface area contributed by atoms with Gasteiger partial charge in [0.1, 0.15) is 12.4 Å². The van der Waals surface area contributed by atoms with Gasteiger partial charge >= 0.3 is 0 Å². The highest BCUT2D eigenvalue weighted by Crippen LogP contribution is 2.33. The van der Waals surface area contributed by atoms with Crippen LogP contribution in [0.25, 0.3) is 0 Å². The summed E-state index contributed by atoms with van der Waals surface area (Å²) < 4.78 is 5.95. The minimum atomic E-state index is 0.106. The van der Waals surface area contributed by atoms with Crippen molar-refractivity contribution in [2.75, 3.05) is 19.6 Å². The van der Waals surface area contributed by atoms with Gasteiger partial charge in [0.25, 0.3) is 0 Å². The highest BCUT2D eigenvalue weighted by atomic mass is 16.5. The van der Waals surface area contributed by atoms with E-state index in [1.165, 1.54) is 37.9 Å². The third kappa shape index (κ3) is 4.04. The summed E-state index contributed by atoms with van der Waals surface area (Å²) >= 11 is 0. The van der Waals surface area contributed by atoms with Crippen molar-refractivity contribution < 1.29 is 4.74 Å². The van der Waals surface area contributed by atoms with Crippen LogP contribution in [0.15, 0.2) is 54.3 Å². The van der Waals surface area contributed by atoms with Crippen molar-refractivity contribution in [3.05, 3.63) is 59.9 Å². The predicted molar refractivity (Wildman–Crippen MR) is 94.9 cm³/mol. The smallest absolute Gasteiger partial charge is 0.115 e. The molecule has 1 saturated heterocycles. The van der Waals surface area contributed by atoms with Crippen molar-refractivity contribution in [3.63, 3.8) is 0 Å². The van der Waals surface area contributed by atoms with Crippen molar-refractivity contribution in [3.8, 4) is 0 Å². The van der Waals surface area contributed by atoms with E-state index in [2.05, 4.69) is 35.3 Å². The zero-order valence-corrected chi connectivity index (χ0v) is 13.9. The van der Waals surface area contributed by atoms with Crippen molar-refractivity contribution >= 4 is 0 Å². The Labute approximate surface area is 139 Å². The molecular formula is C20H28N2O. The molecule has 0 radical (unpaired) electrons. The maximum absolute atomic E-state index is 5.95. The average molecular weight is 312 g/mol. The maximum atomic E-state index is 5.95. The van der Waals surface area contributed by atoms with Crippen molar-refractivity contribution in [1.82, 2.24) is 4.90 Å². The Kier molecular flexibility index (Phi) is 5.52. The monoisotopic (exact) mass is 312 g/mol. The molecule has 1 aliphatic heterocycles. The number of nitrogens with two attached hydrogens (primary N) is 1. The zero-order valence-electron chi connectivity index (χ0n) is 13.9. The molecular weight excluding hydrogens is 284 g/mol. The fourth-order valence-electron chi connectivity index (χ4n) is 3.67. The molecule has 0 spiro atoms. The van der Waals surface area contributed by atoms with Gasteiger partial charge in [0.05, 0.1) is 0 Å². The van der Waals surface area contributed by atoms with Gasteiger partial charge in [-0.3, -0.25) is 4.90 Å². The lowest BCUT2D eigenvalue weighted by Gasteiger charge is -2.45. The van der Waals surface area contributed by atoms with Crippen LogP contribution in [0.4, 0.5) is 0 Å². The summed E-state index contributed by atoms with van der Waals surface area (Å²) in [6, 6.07) is 10.3. The van der Waals surface area contributed by atoms with Gasteiger partial charge in [0.2, 0.25) is 0 Å². The van der Waals surface area contributed by atoms with Crippen LogP contribution in [0.2, 0.25) is 0 Å². The van der Waals surface area contributed by atoms with E-state index in [1.807, 2.05) is 18.2 Å². The molecule has 124 valence electrons. The number of hydrogen-bond donors (Lipinski definition) is 1. The van der Waals surface area contributed by atoms with E-state index >= 15 is 0 Å². The van der Waals surface area contributed by atoms with Gasteiger partial charge in [-0.05, 0) is 63.0 Å². The summed E-state index contributed by atoms with van der Waals surface area (Å²) in [5.74, 6) is 0.985. The molecule has 1 heterocycles. The van der Waals surface area contributed by atoms with Gasteiger partial charge in [0, 0.05) is 5.54 Å². The van der Waals surface area contributed by atoms with Gasteiger partial charge in [-0.2, -0.15) is 0 Å². The number of likely N-dealkylation sites (tertiary alicyclic amines) is 1. The summed E-state index contributed by atoms with van der Waals surface area (Å²) in [6.45, 7) is 3.75. The minimum Gasteiger partial charge on any atom is -0.489 e. The summed E-state index contributed by atoms with van der Waals surface area (Å²) in [5.41, 5.74) is 7.22. The zero-order chi connectivity index (χ0) is 16.0. The number of allylic oxidation sites excluding steroid dienone is 1. The molecule has 3 nitrogen and oxygen atoms in total. The largest absolute Gasteiger partial charge is 0.489 e. The molecule has 23 heavy (non-hydrogen) atoms. The summed E-state index contributed by atoms with van der Waals surface area (Å²) in [7, 11) is 0. The van der Waals surface area contributed by atoms with Crippen molar-refractivity contribution in [1.29, 1.82) is 0 Å². The molecule has 1 fully saturated rings. The second-order valence-electron chi connectivity index (χ2n) is 6.61. The quantitative estimate of drug-likeness (QED) is 0.872. The molecule has 0 amide bonds. The molecule has 1 aromatic rings. The SMILES string of the molecule is NCCC1(N2CCCCC2)C=CC(OCc2ccccc2)=CC1. The molecule has 0 aromatic heterocycles. The summed E-state index contributed by atoms with van der Waals surface area (Å²) in [5, 5.41) is 0. The molecule has 0 bridgehead atoms. The molecule has 0 saturated carbocycles. The molecule has 1 aromatic carbocycles. The van der Waals surface area contributed by atoms with E-state index in [4.69, 9.17) is 10.5 Å². The fraction of sp³-hybridized carbons (Fsp3) is 0.500. The Morgan fingerprint density at radius 3 is 2.52 bits per heavy atom. The van der Waals surface area contributed by atoms with Crippen LogP contribution < -0.4 is 5.73 Å². The Morgan fingerprint density at radius 2 is 1.87 bits per heavy atom. The highest BCUT2D eigenvalue weighted by molar-refractivity contribution is 5.27. The molecule has 3 heteroatoms. The van der Waals surface area contributed by atoms with Crippen molar-refractivity contribution in [2.45, 2.75) is 44.2 Å². The van der Waals surface area contributed by atoms with Crippen LogP contribution >= 0.6 is 0 Å². The number of hydrogen-bond acceptors (Lipinski definition) is 3. The van der Waals surface area contributed by atoms with Gasteiger partial charge in [0.15, 0.2) is 0 Å². The van der Waals surface area contributed by atoms with Crippen LogP contribution in [-0.2, 0) is 11.3 Å². The second kappa shape index (κ2) is 7.80. The number of piperidine rings is 1. The van der Waals surface area contributed by atoms with E-state index in [0.717, 1.165) is 25.1 Å². The lowest BCUT2D eigenvalue weighted by Crippen LogP contribution is -2.51. The number of nitrogens with zero attached hydrogens (tertiary/aromatic N) is 1. The molecule has 1 atom stereocenters. The molecule has 2 aliphatic rings. The molecule has 1 aliphatic carbocycles. The number of ether oxygens (including phenoxy) is 1. The van der Waals surface area contributed by atoms with Gasteiger partial charge < -0.3 is 10.5 Å². The molecule has 3 rings (SSSR count). The van der Waals surface area contributed by atoms with E-state index in [1.54, 1.807) is 0 Å². The first kappa shape index (κ1) is 16.3. The average Bonchev–Trinajstić information content (AvgIpc) is 2.63. The Balaban J connectivity index is 1.61. The number of rotatable bonds is 6. The summed E-state index contributed by atoms with van der Waals surface area (Å²) in [6.07, 6.45) is 12.7. The topological polar surface area (TPSA) is 38.5 Å². The molecule has 1 unspecified atom stereocenters. The van der Waals surface area contributed by atoms with E-state index < -0.39 is 0 Å². The maximum Gasteiger partial charge on any atom is 0.115 e. The highest BCUT2D eigenvalue weighted by Gasteiger charge is 2.35. The van der Waals surface area contributed by atoms with E-state index in [-0.39, 0.29) is 5.54 Å². The van der Waals surface area contributed by atoms with E-state index in [0.29, 0.717) is 6.61 Å². The van der Waals surface area contributed by atoms with Crippen LogP contribution in [0.3, 0.4) is 0 Å². The lowest BCUT2D eigenvalue weighted by molar-refractivity contribution is 0.0954. The van der Waals surface area contributed by atoms with E-state index in [9.17, 15) is 0 Å². The fourth-order valence-corrected chi connectivity index (χ4v) is 3.67. The minimum absolute atomic E-state index is 0.106. The Hall–Kier alpha value is -1.58. The normalized spacial score (nSPS) is 25.2. The van der Waals surface area contributed by atoms with Crippen LogP contribution in [0, 0.1) is 0 Å². The van der Waals surface area contributed by atoms with Gasteiger partial charge in [-0.15, -0.1) is 0 Å². The predicted octanol–water partition coefficient (Wildman–Crippen LogP) is 3.62. The number of benzene rings is 1. The van der Waals surface area contributed by atoms with Crippen LogP contribution in [0.5, 0.6) is 0 Å². The van der Waals surface area contributed by atoms with Crippen LogP contribution in [-0.4, -0.2) is 30.1 Å². The van der Waals surface area contributed by atoms with Gasteiger partial charge in [-0.1, -0.05) is 42.8 Å². The summed E-state index contributed by atoms with van der Waals surface area (Å²) in [4.78, 5) is 2.63. The first-order valence-corrected chi connectivity index (χ1v) is 8.84. The first-order valence-electron chi connectivity index (χ1n) is 8.84. The standard InChI is InChI=1S/C20H28N2O/c21-14-13-20(22-15-5-2-6-16-22)11-9-19(10-12-20)23-17-18-7-3-1-4-8-18/h1,3-4,7-11H,2,5-6,12-17,21H2. The second-order valence-corrected chi connectivity index (χ2v) is 6.61. The first-order chi connectivity index (χ1) is 11.3. The Bertz CT molecular complexity index is 546.